The Morgan fingerprint density at radius 3 is 3.07 bits per heavy atom. The maximum absolute atomic E-state index is 10.5. The summed E-state index contributed by atoms with van der Waals surface area (Å²) >= 11 is 0. The van der Waals surface area contributed by atoms with Crippen LogP contribution in [0.4, 0.5) is 0 Å². The summed E-state index contributed by atoms with van der Waals surface area (Å²) in [4.78, 5) is 14.4. The second-order valence-electron chi connectivity index (χ2n) is 3.29. The molecule has 1 saturated heterocycles. The fourth-order valence-electron chi connectivity index (χ4n) is 1.51. The van der Waals surface area contributed by atoms with Gasteiger partial charge in [-0.2, -0.15) is 0 Å². The lowest BCUT2D eigenvalue weighted by molar-refractivity contribution is 0.0686. The number of aromatic nitrogens is 1. The Balaban J connectivity index is 2.11. The maximum Gasteiger partial charge on any atom is 0.357 e. The fourth-order valence-corrected chi connectivity index (χ4v) is 1.51. The van der Waals surface area contributed by atoms with Crippen LogP contribution < -0.4 is 0 Å². The van der Waals surface area contributed by atoms with Gasteiger partial charge in [-0.15, -0.1) is 0 Å². The number of rotatable bonds is 2. The van der Waals surface area contributed by atoms with Gasteiger partial charge in [0.2, 0.25) is 0 Å². The molecule has 1 atom stereocenters. The SMILES string of the molecule is O=C(O)c1coc(C2CCCOC2)n1. The monoisotopic (exact) mass is 197 g/mol. The third kappa shape index (κ3) is 1.77. The van der Waals surface area contributed by atoms with Gasteiger partial charge < -0.3 is 14.3 Å². The predicted molar refractivity (Wildman–Crippen MR) is 46.3 cm³/mol. The molecule has 0 amide bonds. The topological polar surface area (TPSA) is 72.6 Å². The Bertz CT molecular complexity index is 327. The molecule has 14 heavy (non-hydrogen) atoms. The minimum atomic E-state index is -1.06. The van der Waals surface area contributed by atoms with Crippen molar-refractivity contribution in [3.63, 3.8) is 0 Å². The minimum absolute atomic E-state index is 0.0365. The van der Waals surface area contributed by atoms with Crippen molar-refractivity contribution >= 4 is 5.97 Å². The van der Waals surface area contributed by atoms with E-state index < -0.39 is 5.97 Å². The summed E-state index contributed by atoms with van der Waals surface area (Å²) < 4.78 is 10.4. The second kappa shape index (κ2) is 3.79. The first-order valence-electron chi connectivity index (χ1n) is 4.54. The number of oxazole rings is 1. The summed E-state index contributed by atoms with van der Waals surface area (Å²) in [6.45, 7) is 1.34. The van der Waals surface area contributed by atoms with Gasteiger partial charge in [-0.1, -0.05) is 0 Å². The van der Waals surface area contributed by atoms with Gasteiger partial charge in [0.05, 0.1) is 12.5 Å². The van der Waals surface area contributed by atoms with Crippen LogP contribution in [-0.2, 0) is 4.74 Å². The summed E-state index contributed by atoms with van der Waals surface area (Å²) in [5.74, 6) is -0.476. The molecule has 1 aliphatic heterocycles. The number of carbonyl (C=O) groups is 1. The van der Waals surface area contributed by atoms with Gasteiger partial charge in [0, 0.05) is 6.61 Å². The molecule has 2 heterocycles. The number of nitrogens with zero attached hydrogens (tertiary/aromatic N) is 1. The highest BCUT2D eigenvalue weighted by Gasteiger charge is 2.22. The molecule has 1 fully saturated rings. The minimum Gasteiger partial charge on any atom is -0.476 e. The average molecular weight is 197 g/mol. The van der Waals surface area contributed by atoms with Crippen LogP contribution in [0.5, 0.6) is 0 Å². The van der Waals surface area contributed by atoms with E-state index in [9.17, 15) is 4.79 Å². The third-order valence-corrected chi connectivity index (χ3v) is 2.25. The number of carboxylic acids is 1. The van der Waals surface area contributed by atoms with Crippen LogP contribution in [0.2, 0.25) is 0 Å². The first-order chi connectivity index (χ1) is 6.77. The second-order valence-corrected chi connectivity index (χ2v) is 3.29. The molecule has 0 radical (unpaired) electrons. The zero-order chi connectivity index (χ0) is 9.97. The van der Waals surface area contributed by atoms with Gasteiger partial charge in [0.25, 0.3) is 0 Å². The van der Waals surface area contributed by atoms with Crippen LogP contribution in [0.15, 0.2) is 10.7 Å². The fraction of sp³-hybridized carbons (Fsp3) is 0.556. The van der Waals surface area contributed by atoms with Crippen LogP contribution in [0, 0.1) is 0 Å². The van der Waals surface area contributed by atoms with Crippen LogP contribution in [-0.4, -0.2) is 29.3 Å². The Labute approximate surface area is 80.7 Å². The molecule has 76 valence electrons. The van der Waals surface area contributed by atoms with E-state index in [1.807, 2.05) is 0 Å². The van der Waals surface area contributed by atoms with Crippen molar-refractivity contribution in [3.05, 3.63) is 17.8 Å². The van der Waals surface area contributed by atoms with Gasteiger partial charge in [0.1, 0.15) is 6.26 Å². The molecule has 1 unspecified atom stereocenters. The van der Waals surface area contributed by atoms with E-state index in [2.05, 4.69) is 4.98 Å². The van der Waals surface area contributed by atoms with Crippen molar-refractivity contribution in [2.24, 2.45) is 0 Å². The van der Waals surface area contributed by atoms with Crippen LogP contribution in [0.1, 0.15) is 35.1 Å². The third-order valence-electron chi connectivity index (χ3n) is 2.25. The molecular formula is C9H11NO4. The van der Waals surface area contributed by atoms with E-state index in [1.165, 1.54) is 6.26 Å². The lowest BCUT2D eigenvalue weighted by atomic mass is 10.0. The van der Waals surface area contributed by atoms with Crippen LogP contribution in [0.3, 0.4) is 0 Å². The normalized spacial score (nSPS) is 22.1. The van der Waals surface area contributed by atoms with E-state index >= 15 is 0 Å². The molecule has 0 bridgehead atoms. The van der Waals surface area contributed by atoms with Gasteiger partial charge in [0.15, 0.2) is 11.6 Å². The lowest BCUT2D eigenvalue weighted by Crippen LogP contribution is -2.15. The zero-order valence-corrected chi connectivity index (χ0v) is 7.60. The molecule has 5 nitrogen and oxygen atoms in total. The summed E-state index contributed by atoms with van der Waals surface area (Å²) in [6, 6.07) is 0. The number of aromatic carboxylic acids is 1. The molecule has 1 aliphatic rings. The number of hydrogen-bond donors (Lipinski definition) is 1. The van der Waals surface area contributed by atoms with E-state index in [0.717, 1.165) is 19.4 Å². The van der Waals surface area contributed by atoms with Crippen molar-refractivity contribution in [2.75, 3.05) is 13.2 Å². The first kappa shape index (κ1) is 9.21. The van der Waals surface area contributed by atoms with E-state index in [0.29, 0.717) is 12.5 Å². The standard InChI is InChI=1S/C9H11NO4/c11-9(12)7-5-14-8(10-7)6-2-1-3-13-4-6/h5-6H,1-4H2,(H,11,12). The highest BCUT2D eigenvalue weighted by Crippen LogP contribution is 2.24. The molecular weight excluding hydrogens is 186 g/mol. The summed E-state index contributed by atoms with van der Waals surface area (Å²) in [6.07, 6.45) is 3.08. The molecule has 1 aromatic heterocycles. The Kier molecular flexibility index (Phi) is 2.49. The average Bonchev–Trinajstić information content (AvgIpc) is 2.68. The Morgan fingerprint density at radius 2 is 2.50 bits per heavy atom. The maximum atomic E-state index is 10.5. The largest absolute Gasteiger partial charge is 0.476 e. The predicted octanol–water partition coefficient (Wildman–Crippen LogP) is 1.27. The Morgan fingerprint density at radius 1 is 1.64 bits per heavy atom. The van der Waals surface area contributed by atoms with Crippen molar-refractivity contribution in [1.29, 1.82) is 0 Å². The molecule has 5 heteroatoms. The molecule has 1 N–H and O–H groups in total. The molecule has 1 aromatic rings. The van der Waals surface area contributed by atoms with E-state index in [-0.39, 0.29) is 11.6 Å². The van der Waals surface area contributed by atoms with Crippen molar-refractivity contribution < 1.29 is 19.1 Å². The molecule has 2 rings (SSSR count). The van der Waals surface area contributed by atoms with Crippen molar-refractivity contribution in [2.45, 2.75) is 18.8 Å². The number of carboxylic acid groups (broad SMARTS) is 1. The first-order valence-corrected chi connectivity index (χ1v) is 4.54. The van der Waals surface area contributed by atoms with E-state index in [4.69, 9.17) is 14.3 Å². The van der Waals surface area contributed by atoms with Crippen molar-refractivity contribution in [1.82, 2.24) is 4.98 Å². The highest BCUT2D eigenvalue weighted by molar-refractivity contribution is 5.84. The van der Waals surface area contributed by atoms with Crippen molar-refractivity contribution in [3.8, 4) is 0 Å². The zero-order valence-electron chi connectivity index (χ0n) is 7.60. The molecule has 0 aromatic carbocycles. The molecule has 0 spiro atoms. The van der Waals surface area contributed by atoms with Crippen LogP contribution >= 0.6 is 0 Å². The summed E-state index contributed by atoms with van der Waals surface area (Å²) in [5, 5.41) is 8.64. The molecule has 0 aliphatic carbocycles. The van der Waals surface area contributed by atoms with Gasteiger partial charge in [-0.05, 0) is 12.8 Å². The summed E-state index contributed by atoms with van der Waals surface area (Å²) in [5.41, 5.74) is -0.0365. The van der Waals surface area contributed by atoms with Gasteiger partial charge >= 0.3 is 5.97 Å². The van der Waals surface area contributed by atoms with Crippen LogP contribution in [0.25, 0.3) is 0 Å². The van der Waals surface area contributed by atoms with Gasteiger partial charge in [-0.3, -0.25) is 0 Å². The van der Waals surface area contributed by atoms with E-state index in [1.54, 1.807) is 0 Å². The smallest absolute Gasteiger partial charge is 0.357 e. The lowest BCUT2D eigenvalue weighted by Gasteiger charge is -2.18. The number of ether oxygens (including phenoxy) is 1. The van der Waals surface area contributed by atoms with Gasteiger partial charge in [-0.25, -0.2) is 9.78 Å². The quantitative estimate of drug-likeness (QED) is 0.772. The Hall–Kier alpha value is -1.36. The summed E-state index contributed by atoms with van der Waals surface area (Å²) in [7, 11) is 0. The number of hydrogen-bond acceptors (Lipinski definition) is 4. The highest BCUT2D eigenvalue weighted by atomic mass is 16.5. The molecule has 0 saturated carbocycles.